The summed E-state index contributed by atoms with van der Waals surface area (Å²) in [4.78, 5) is 27.4. The smallest absolute Gasteiger partial charge is 0.208 e. The molecule has 4 saturated carbocycles. The number of carbonyl (C=O) groups excluding carboxylic acids is 2. The van der Waals surface area contributed by atoms with Crippen LogP contribution >= 0.6 is 0 Å². The Morgan fingerprint density at radius 1 is 0.685 bits per heavy atom. The van der Waals surface area contributed by atoms with Crippen molar-refractivity contribution in [1.82, 2.24) is 4.72 Å². The molecule has 4 fully saturated rings. The molecular formula is C45H68N2O6S. The lowest BCUT2D eigenvalue weighted by Gasteiger charge is -2.60. The molecule has 0 radical (unpaired) electrons. The molecule has 2 aromatic rings. The van der Waals surface area contributed by atoms with E-state index < -0.39 is 10.0 Å². The number of phenols is 2. The van der Waals surface area contributed by atoms with Crippen LogP contribution in [0.5, 0.6) is 11.5 Å². The van der Waals surface area contributed by atoms with Crippen LogP contribution in [0.2, 0.25) is 0 Å². The van der Waals surface area contributed by atoms with Crippen LogP contribution < -0.4 is 10.5 Å². The van der Waals surface area contributed by atoms with Gasteiger partial charge in [0, 0.05) is 35.0 Å². The van der Waals surface area contributed by atoms with Crippen LogP contribution in [0.1, 0.15) is 139 Å². The van der Waals surface area contributed by atoms with E-state index in [0.29, 0.717) is 17.0 Å². The molecule has 9 heteroatoms. The quantitative estimate of drug-likeness (QED) is 0.215. The highest BCUT2D eigenvalue weighted by molar-refractivity contribution is 7.88. The first kappa shape index (κ1) is 42.4. The van der Waals surface area contributed by atoms with E-state index in [0.717, 1.165) is 49.7 Å². The Hall–Kier alpha value is -2.75. The summed E-state index contributed by atoms with van der Waals surface area (Å²) in [6.07, 6.45) is 9.53. The molecule has 54 heavy (non-hydrogen) atoms. The molecule has 2 aromatic carbocycles. The molecule has 8 nitrogen and oxygen atoms in total. The van der Waals surface area contributed by atoms with Crippen molar-refractivity contribution in [2.45, 2.75) is 133 Å². The number of hydrogen-bond donors (Lipinski definition) is 4. The van der Waals surface area contributed by atoms with Gasteiger partial charge in [-0.2, -0.15) is 0 Å². The normalized spacial score (nSPS) is 35.8. The van der Waals surface area contributed by atoms with Gasteiger partial charge >= 0.3 is 0 Å². The largest absolute Gasteiger partial charge is 0.508 e. The summed E-state index contributed by atoms with van der Waals surface area (Å²) in [7, 11) is -3.38. The predicted molar refractivity (Wildman–Crippen MR) is 217 cm³/mol. The zero-order valence-electron chi connectivity index (χ0n) is 34.8. The fourth-order valence-electron chi connectivity index (χ4n) is 12.6. The topological polar surface area (TPSA) is 147 Å². The van der Waals surface area contributed by atoms with Gasteiger partial charge in [-0.1, -0.05) is 68.2 Å². The summed E-state index contributed by atoms with van der Waals surface area (Å²) in [6.45, 7) is 21.7. The number of ketones is 2. The van der Waals surface area contributed by atoms with Crippen molar-refractivity contribution >= 4 is 21.6 Å². The van der Waals surface area contributed by atoms with Gasteiger partial charge in [-0.3, -0.25) is 9.59 Å². The molecule has 0 aromatic heterocycles. The maximum absolute atomic E-state index is 13.8. The number of benzene rings is 2. The maximum atomic E-state index is 13.8. The fourth-order valence-corrected chi connectivity index (χ4v) is 13.4. The van der Waals surface area contributed by atoms with Crippen LogP contribution in [0, 0.1) is 71.0 Å². The summed E-state index contributed by atoms with van der Waals surface area (Å²) in [5.74, 6) is 0.783. The summed E-state index contributed by atoms with van der Waals surface area (Å²) in [5, 5.41) is 20.0. The lowest BCUT2D eigenvalue weighted by Crippen LogP contribution is -2.60. The summed E-state index contributed by atoms with van der Waals surface area (Å²) >= 11 is 0. The summed E-state index contributed by atoms with van der Waals surface area (Å²) in [5.41, 5.74) is 9.48. The number of carbonyl (C=O) groups is 2. The lowest BCUT2D eigenvalue weighted by atomic mass is 9.45. The van der Waals surface area contributed by atoms with Crippen molar-refractivity contribution < 1.29 is 28.2 Å². The molecule has 300 valence electrons. The van der Waals surface area contributed by atoms with Gasteiger partial charge < -0.3 is 15.9 Å². The minimum absolute atomic E-state index is 0.0155. The highest BCUT2D eigenvalue weighted by Crippen LogP contribution is 2.63. The Balaban J connectivity index is 0.000000210. The Kier molecular flexibility index (Phi) is 11.7. The highest BCUT2D eigenvalue weighted by Gasteiger charge is 2.60. The van der Waals surface area contributed by atoms with E-state index in [9.17, 15) is 28.2 Å². The van der Waals surface area contributed by atoms with E-state index in [1.165, 1.54) is 19.1 Å². The van der Waals surface area contributed by atoms with E-state index >= 15 is 0 Å². The number of fused-ring (bicyclic) bond motifs is 2. The average Bonchev–Trinajstić information content (AvgIpc) is 3.01. The lowest BCUT2D eigenvalue weighted by molar-refractivity contribution is -0.0887. The SMILES string of the molecule is Cc1cc(O)cc(C(=O)[C@H]2[C@H](C)[C@H](N)C[C@H]3C(C)(C)CCC[C@]23C)c1.Cc1cc(O)cc(C(=O)[C@H]2[C@H](C)[C@H](NS(C)(=O)=O)C[C@H]3C(C)(C)CCC[C@]23C)c1. The van der Waals surface area contributed by atoms with Crippen molar-refractivity contribution in [2.75, 3.05) is 6.26 Å². The van der Waals surface area contributed by atoms with Crippen LogP contribution in [0.4, 0.5) is 0 Å². The van der Waals surface area contributed by atoms with Crippen LogP contribution in [0.3, 0.4) is 0 Å². The second-order valence-corrected chi connectivity index (χ2v) is 21.7. The number of sulfonamides is 1. The number of aryl methyl sites for hydroxylation is 2. The Morgan fingerprint density at radius 3 is 1.50 bits per heavy atom. The van der Waals surface area contributed by atoms with Gasteiger partial charge in [-0.25, -0.2) is 13.1 Å². The van der Waals surface area contributed by atoms with Gasteiger partial charge in [-0.05, 0) is 145 Å². The van der Waals surface area contributed by atoms with Gasteiger partial charge in [0.2, 0.25) is 10.0 Å². The number of hydrogen-bond acceptors (Lipinski definition) is 7. The second kappa shape index (κ2) is 15.0. The van der Waals surface area contributed by atoms with E-state index in [4.69, 9.17) is 5.73 Å². The van der Waals surface area contributed by atoms with Crippen molar-refractivity contribution in [3.05, 3.63) is 58.7 Å². The third kappa shape index (κ3) is 8.20. The van der Waals surface area contributed by atoms with E-state index in [2.05, 4.69) is 53.2 Å². The molecule has 5 N–H and O–H groups in total. The standard InChI is InChI=1S/C23H35NO4S.C22H33NO2/c1-14-10-16(12-17(25)11-14)21(26)20-15(2)18(24-29(6,27)28)13-19-22(3,4)8-7-9-23(19,20)5;1-13-9-15(11-16(24)10-13)20(25)19-14(2)17(23)12-18-21(3,4)7-6-8-22(18,19)5/h10-12,15,18-20,24-25H,7-9,13H2,1-6H3;9-11,14,17-19,24H,6-8,12,23H2,1-5H3/t15-,18-,19+,20-,23+;14-,17-,18+,19-,22+/m11/s1. The molecule has 0 amide bonds. The molecule has 0 aliphatic heterocycles. The number of phenolic OH excluding ortho intramolecular Hbond substituents is 2. The number of nitrogens with one attached hydrogen (secondary N) is 1. The Morgan fingerprint density at radius 2 is 1.09 bits per heavy atom. The molecule has 4 aliphatic rings. The third-order valence-corrected chi connectivity index (χ3v) is 15.7. The van der Waals surface area contributed by atoms with Crippen LogP contribution in [-0.2, 0) is 10.0 Å². The fraction of sp³-hybridized carbons (Fsp3) is 0.689. The first-order valence-electron chi connectivity index (χ1n) is 20.2. The van der Waals surface area contributed by atoms with Gasteiger partial charge in [-0.15, -0.1) is 0 Å². The van der Waals surface area contributed by atoms with Gasteiger partial charge in [0.1, 0.15) is 11.5 Å². The van der Waals surface area contributed by atoms with Crippen molar-refractivity contribution in [2.24, 2.45) is 62.9 Å². The van der Waals surface area contributed by atoms with Gasteiger partial charge in [0.05, 0.1) is 6.26 Å². The zero-order valence-corrected chi connectivity index (χ0v) is 35.6. The molecule has 0 unspecified atom stereocenters. The Bertz CT molecular complexity index is 1810. The second-order valence-electron chi connectivity index (χ2n) is 19.9. The van der Waals surface area contributed by atoms with Crippen LogP contribution in [0.25, 0.3) is 0 Å². The third-order valence-electron chi connectivity index (χ3n) is 15.0. The number of rotatable bonds is 6. The molecule has 0 saturated heterocycles. The molecule has 6 rings (SSSR count). The molecule has 10 atom stereocenters. The van der Waals surface area contributed by atoms with Crippen LogP contribution in [0.15, 0.2) is 36.4 Å². The summed E-state index contributed by atoms with van der Waals surface area (Å²) in [6, 6.07) is 10.0. The van der Waals surface area contributed by atoms with E-state index in [1.807, 2.05) is 32.9 Å². The van der Waals surface area contributed by atoms with E-state index in [1.54, 1.807) is 24.3 Å². The number of Topliss-reactive ketones (excluding diaryl/α,β-unsaturated/α-hetero) is 2. The molecule has 0 bridgehead atoms. The van der Waals surface area contributed by atoms with Crippen molar-refractivity contribution in [3.63, 3.8) is 0 Å². The Labute approximate surface area is 325 Å². The first-order valence-corrected chi connectivity index (χ1v) is 22.1. The minimum Gasteiger partial charge on any atom is -0.508 e. The monoisotopic (exact) mass is 764 g/mol. The summed E-state index contributed by atoms with van der Waals surface area (Å²) < 4.78 is 26.9. The van der Waals surface area contributed by atoms with E-state index in [-0.39, 0.29) is 86.4 Å². The number of aromatic hydroxyl groups is 2. The van der Waals surface area contributed by atoms with Crippen LogP contribution in [-0.4, -0.2) is 48.5 Å². The predicted octanol–water partition coefficient (Wildman–Crippen LogP) is 8.99. The van der Waals surface area contributed by atoms with Gasteiger partial charge in [0.25, 0.3) is 0 Å². The van der Waals surface area contributed by atoms with Crippen molar-refractivity contribution in [1.29, 1.82) is 0 Å². The number of nitrogens with two attached hydrogens (primary N) is 1. The first-order chi connectivity index (χ1) is 24.8. The van der Waals surface area contributed by atoms with Crippen molar-refractivity contribution in [3.8, 4) is 11.5 Å². The molecule has 0 spiro atoms. The molecular weight excluding hydrogens is 697 g/mol. The van der Waals surface area contributed by atoms with Gasteiger partial charge in [0.15, 0.2) is 11.6 Å². The molecule has 0 heterocycles. The average molecular weight is 765 g/mol. The highest BCUT2D eigenvalue weighted by atomic mass is 32.2. The minimum atomic E-state index is -3.38. The maximum Gasteiger partial charge on any atom is 0.208 e. The molecule has 4 aliphatic carbocycles. The zero-order chi connectivity index (χ0) is 40.3.